The SMILES string of the molecule is O=C(CC1COC1)c1ccc(CN[C@H]2CCC[C@@H](Nc3ncnc4sc(CC(F)(F)F)cc34)C2)cc1. The summed E-state index contributed by atoms with van der Waals surface area (Å²) in [4.78, 5) is 21.7. The Labute approximate surface area is 211 Å². The Morgan fingerprint density at radius 3 is 2.61 bits per heavy atom. The largest absolute Gasteiger partial charge is 0.393 e. The maximum absolute atomic E-state index is 12.8. The van der Waals surface area contributed by atoms with Gasteiger partial charge in [-0.2, -0.15) is 13.2 Å². The van der Waals surface area contributed by atoms with Crippen LogP contribution in [0.4, 0.5) is 19.0 Å². The molecule has 1 aliphatic carbocycles. The van der Waals surface area contributed by atoms with Gasteiger partial charge in [-0.05, 0) is 37.3 Å². The van der Waals surface area contributed by atoms with Crippen molar-refractivity contribution in [2.24, 2.45) is 5.92 Å². The fourth-order valence-electron chi connectivity index (χ4n) is 4.86. The summed E-state index contributed by atoms with van der Waals surface area (Å²) >= 11 is 1.07. The molecule has 3 aromatic rings. The van der Waals surface area contributed by atoms with Gasteiger partial charge in [0.15, 0.2) is 5.78 Å². The minimum absolute atomic E-state index is 0.166. The number of hydrogen-bond donors (Lipinski definition) is 2. The number of halogens is 3. The van der Waals surface area contributed by atoms with E-state index in [-0.39, 0.29) is 16.7 Å². The van der Waals surface area contributed by atoms with E-state index in [1.54, 1.807) is 6.07 Å². The molecule has 1 aliphatic heterocycles. The summed E-state index contributed by atoms with van der Waals surface area (Å²) < 4.78 is 43.6. The molecule has 36 heavy (non-hydrogen) atoms. The highest BCUT2D eigenvalue weighted by Gasteiger charge is 2.29. The minimum Gasteiger partial charge on any atom is -0.381 e. The summed E-state index contributed by atoms with van der Waals surface area (Å²) in [5, 5.41) is 7.73. The Balaban J connectivity index is 1.15. The van der Waals surface area contributed by atoms with Crippen LogP contribution in [0.5, 0.6) is 0 Å². The third-order valence-electron chi connectivity index (χ3n) is 6.82. The van der Waals surface area contributed by atoms with Crippen molar-refractivity contribution in [3.63, 3.8) is 0 Å². The minimum atomic E-state index is -4.24. The van der Waals surface area contributed by atoms with Crippen LogP contribution in [-0.2, 0) is 17.7 Å². The predicted molar refractivity (Wildman–Crippen MR) is 133 cm³/mol. The molecule has 192 valence electrons. The number of nitrogens with one attached hydrogen (secondary N) is 2. The van der Waals surface area contributed by atoms with Gasteiger partial charge >= 0.3 is 6.18 Å². The fraction of sp³-hybridized carbons (Fsp3) is 0.500. The van der Waals surface area contributed by atoms with Crippen molar-refractivity contribution in [3.05, 3.63) is 52.7 Å². The molecular weight excluding hydrogens is 489 g/mol. The summed E-state index contributed by atoms with van der Waals surface area (Å²) in [5.74, 6) is 1.12. The number of Topliss-reactive ketones (excluding diaryl/α,β-unsaturated/α-hetero) is 1. The fourth-order valence-corrected chi connectivity index (χ4v) is 5.88. The zero-order chi connectivity index (χ0) is 25.1. The molecule has 1 saturated heterocycles. The number of carbonyl (C=O) groups is 1. The average Bonchev–Trinajstić information content (AvgIpc) is 3.22. The molecule has 2 atom stereocenters. The topological polar surface area (TPSA) is 76.1 Å². The third kappa shape index (κ3) is 6.41. The molecule has 0 spiro atoms. The van der Waals surface area contributed by atoms with E-state index in [2.05, 4.69) is 20.6 Å². The molecule has 5 rings (SSSR count). The van der Waals surface area contributed by atoms with E-state index >= 15 is 0 Å². The molecule has 1 saturated carbocycles. The van der Waals surface area contributed by atoms with Gasteiger partial charge in [0.05, 0.1) is 25.0 Å². The van der Waals surface area contributed by atoms with E-state index < -0.39 is 12.6 Å². The average molecular weight is 519 g/mol. The van der Waals surface area contributed by atoms with E-state index in [0.29, 0.717) is 54.2 Å². The third-order valence-corrected chi connectivity index (χ3v) is 7.87. The normalized spacial score (nSPS) is 20.9. The van der Waals surface area contributed by atoms with Crippen LogP contribution in [0.15, 0.2) is 36.7 Å². The standard InChI is InChI=1S/C26H29F3N4O2S/c27-26(28,29)11-21-10-22-24(31-15-32-25(22)36-21)33-20-3-1-2-19(9-20)30-12-16-4-6-18(7-5-16)23(34)8-17-13-35-14-17/h4-7,10,15,17,19-20,30H,1-3,8-9,11-14H2,(H,31,32,33)/t19-,20+/m0/s1. The van der Waals surface area contributed by atoms with Crippen LogP contribution < -0.4 is 10.6 Å². The first-order valence-corrected chi connectivity index (χ1v) is 13.1. The number of carbonyl (C=O) groups excluding carboxylic acids is 1. The van der Waals surface area contributed by atoms with Gasteiger partial charge in [-0.15, -0.1) is 11.3 Å². The van der Waals surface area contributed by atoms with Crippen LogP contribution in [0.1, 0.15) is 52.9 Å². The molecule has 10 heteroatoms. The van der Waals surface area contributed by atoms with Crippen molar-refractivity contribution in [2.45, 2.75) is 63.3 Å². The molecule has 2 fully saturated rings. The zero-order valence-corrected chi connectivity index (χ0v) is 20.6. The van der Waals surface area contributed by atoms with Gasteiger partial charge in [0.25, 0.3) is 0 Å². The quantitative estimate of drug-likeness (QED) is 0.363. The second kappa shape index (κ2) is 10.8. The molecule has 3 heterocycles. The van der Waals surface area contributed by atoms with Crippen LogP contribution in [0.2, 0.25) is 0 Å². The maximum atomic E-state index is 12.8. The Morgan fingerprint density at radius 1 is 1.11 bits per heavy atom. The number of aromatic nitrogens is 2. The first kappa shape index (κ1) is 25.1. The van der Waals surface area contributed by atoms with Crippen LogP contribution >= 0.6 is 11.3 Å². The number of thiophene rings is 1. The Hall–Kier alpha value is -2.56. The number of alkyl halides is 3. The molecule has 0 amide bonds. The first-order chi connectivity index (χ1) is 17.3. The molecule has 0 bridgehead atoms. The van der Waals surface area contributed by atoms with Crippen LogP contribution in [0.3, 0.4) is 0 Å². The highest BCUT2D eigenvalue weighted by molar-refractivity contribution is 7.18. The highest BCUT2D eigenvalue weighted by Crippen LogP contribution is 2.33. The van der Waals surface area contributed by atoms with Crippen molar-refractivity contribution >= 4 is 33.2 Å². The van der Waals surface area contributed by atoms with Gasteiger partial charge in [-0.25, -0.2) is 9.97 Å². The Kier molecular flexibility index (Phi) is 7.55. The molecule has 2 aliphatic rings. The number of benzene rings is 1. The van der Waals surface area contributed by atoms with Gasteiger partial charge in [0.2, 0.25) is 0 Å². The zero-order valence-electron chi connectivity index (χ0n) is 19.8. The van der Waals surface area contributed by atoms with Crippen molar-refractivity contribution in [1.82, 2.24) is 15.3 Å². The summed E-state index contributed by atoms with van der Waals surface area (Å²) in [6.45, 7) is 2.07. The number of ketones is 1. The smallest absolute Gasteiger partial charge is 0.381 e. The van der Waals surface area contributed by atoms with Gasteiger partial charge in [-0.3, -0.25) is 4.79 Å². The van der Waals surface area contributed by atoms with E-state index in [1.807, 2.05) is 24.3 Å². The van der Waals surface area contributed by atoms with Crippen LogP contribution in [0, 0.1) is 5.92 Å². The van der Waals surface area contributed by atoms with E-state index in [9.17, 15) is 18.0 Å². The Bertz CT molecular complexity index is 1190. The van der Waals surface area contributed by atoms with Crippen LogP contribution in [0.25, 0.3) is 10.2 Å². The second-order valence-electron chi connectivity index (χ2n) is 9.76. The molecule has 2 aromatic heterocycles. The summed E-state index contributed by atoms with van der Waals surface area (Å²) in [6.07, 6.45) is 0.736. The lowest BCUT2D eigenvalue weighted by Crippen LogP contribution is -2.38. The molecule has 2 N–H and O–H groups in total. The molecule has 0 unspecified atom stereocenters. The van der Waals surface area contributed by atoms with Crippen molar-refractivity contribution in [2.75, 3.05) is 18.5 Å². The van der Waals surface area contributed by atoms with Gasteiger partial charge < -0.3 is 15.4 Å². The maximum Gasteiger partial charge on any atom is 0.393 e. The molecule has 0 radical (unpaired) electrons. The second-order valence-corrected chi connectivity index (χ2v) is 10.9. The monoisotopic (exact) mass is 518 g/mol. The lowest BCUT2D eigenvalue weighted by molar-refractivity contribution is -0.126. The van der Waals surface area contributed by atoms with Gasteiger partial charge in [0, 0.05) is 41.4 Å². The van der Waals surface area contributed by atoms with E-state index in [1.165, 1.54) is 6.33 Å². The predicted octanol–water partition coefficient (Wildman–Crippen LogP) is 5.53. The summed E-state index contributed by atoms with van der Waals surface area (Å²) in [5.41, 5.74) is 1.87. The molecule has 1 aromatic carbocycles. The highest BCUT2D eigenvalue weighted by atomic mass is 32.1. The number of rotatable bonds is 9. The van der Waals surface area contributed by atoms with Gasteiger partial charge in [0.1, 0.15) is 17.0 Å². The van der Waals surface area contributed by atoms with E-state index in [4.69, 9.17) is 4.74 Å². The number of anilines is 1. The number of fused-ring (bicyclic) bond motifs is 1. The lowest BCUT2D eigenvalue weighted by Gasteiger charge is -2.31. The van der Waals surface area contributed by atoms with Crippen molar-refractivity contribution < 1.29 is 22.7 Å². The molecular formula is C26H29F3N4O2S. The van der Waals surface area contributed by atoms with Crippen LogP contribution in [-0.4, -0.2) is 47.2 Å². The van der Waals surface area contributed by atoms with E-state index in [0.717, 1.165) is 48.1 Å². The van der Waals surface area contributed by atoms with Crippen molar-refractivity contribution in [3.8, 4) is 0 Å². The number of hydrogen-bond acceptors (Lipinski definition) is 7. The number of nitrogens with zero attached hydrogens (tertiary/aromatic N) is 2. The van der Waals surface area contributed by atoms with Gasteiger partial charge in [-0.1, -0.05) is 24.3 Å². The summed E-state index contributed by atoms with van der Waals surface area (Å²) in [6, 6.07) is 9.86. The Morgan fingerprint density at radius 2 is 1.89 bits per heavy atom. The molecule has 6 nitrogen and oxygen atoms in total. The summed E-state index contributed by atoms with van der Waals surface area (Å²) in [7, 11) is 0. The van der Waals surface area contributed by atoms with Crippen molar-refractivity contribution in [1.29, 1.82) is 0 Å². The number of ether oxygens (including phenoxy) is 1. The lowest BCUT2D eigenvalue weighted by atomic mass is 9.90. The first-order valence-electron chi connectivity index (χ1n) is 12.3.